The Morgan fingerprint density at radius 3 is 2.62 bits per heavy atom. The van der Waals surface area contributed by atoms with Gasteiger partial charge in [0, 0.05) is 11.7 Å². The number of hydrogen-bond acceptors (Lipinski definition) is 4. The van der Waals surface area contributed by atoms with Crippen LogP contribution in [0.15, 0.2) is 18.2 Å². The van der Waals surface area contributed by atoms with E-state index < -0.39 is 17.8 Å². The molecule has 0 aliphatic carbocycles. The number of carbonyl (C=O) groups is 2. The van der Waals surface area contributed by atoms with Gasteiger partial charge in [-0.05, 0) is 24.0 Å². The van der Waals surface area contributed by atoms with Crippen LogP contribution in [0.2, 0.25) is 0 Å². The predicted octanol–water partition coefficient (Wildman–Crippen LogP) is 2.22. The number of halogens is 1. The molecule has 1 rings (SSSR count). The van der Waals surface area contributed by atoms with Crippen LogP contribution in [0, 0.1) is 5.82 Å². The van der Waals surface area contributed by atoms with E-state index in [1.165, 1.54) is 31.0 Å². The monoisotopic (exact) mass is 315 g/mol. The number of aliphatic carboxylic acids is 1. The zero-order valence-corrected chi connectivity index (χ0v) is 12.9. The minimum Gasteiger partial charge on any atom is -0.494 e. The minimum absolute atomic E-state index is 0.0187. The molecule has 0 saturated carbocycles. The molecule has 0 aromatic heterocycles. The number of carboxylic acids is 1. The molecule has 1 aromatic carbocycles. The van der Waals surface area contributed by atoms with Crippen LogP contribution in [0.3, 0.4) is 0 Å². The van der Waals surface area contributed by atoms with E-state index in [4.69, 9.17) is 4.74 Å². The first-order valence-corrected chi connectivity index (χ1v) is 7.56. The predicted molar refractivity (Wildman–Crippen MR) is 79.1 cm³/mol. The molecule has 0 saturated heterocycles. The smallest absolute Gasteiger partial charge is 0.330 e. The number of carbonyl (C=O) groups excluding carboxylic acids is 1. The lowest BCUT2D eigenvalue weighted by atomic mass is 10.1. The van der Waals surface area contributed by atoms with Crippen LogP contribution in [-0.2, 0) is 9.59 Å². The van der Waals surface area contributed by atoms with Crippen molar-refractivity contribution in [2.24, 2.45) is 0 Å². The molecule has 0 aliphatic rings. The molecule has 5 nitrogen and oxygen atoms in total. The van der Waals surface area contributed by atoms with Crippen molar-refractivity contribution in [3.05, 3.63) is 29.6 Å². The van der Waals surface area contributed by atoms with Gasteiger partial charge in [-0.2, -0.15) is 11.8 Å². The molecule has 0 radical (unpaired) electrons. The van der Waals surface area contributed by atoms with Gasteiger partial charge < -0.3 is 15.2 Å². The lowest BCUT2D eigenvalue weighted by Gasteiger charge is -2.17. The summed E-state index contributed by atoms with van der Waals surface area (Å²) in [4.78, 5) is 23.1. The summed E-state index contributed by atoms with van der Waals surface area (Å²) in [7, 11) is 1.32. The number of rotatable bonds is 7. The number of amides is 1. The Labute approximate surface area is 126 Å². The zero-order chi connectivity index (χ0) is 16.0. The summed E-state index contributed by atoms with van der Waals surface area (Å²) in [6.07, 6.45) is 2.06. The number of carboxylic acid groups (broad SMARTS) is 1. The van der Waals surface area contributed by atoms with Gasteiger partial charge in [0.1, 0.15) is 0 Å². The second-order valence-electron chi connectivity index (χ2n) is 4.48. The fraction of sp³-hybridized carbons (Fsp3) is 0.429. The second kappa shape index (κ2) is 7.87. The van der Waals surface area contributed by atoms with Gasteiger partial charge in [0.05, 0.1) is 7.11 Å². The fourth-order valence-corrected chi connectivity index (χ4v) is 2.03. The van der Waals surface area contributed by atoms with E-state index >= 15 is 0 Å². The van der Waals surface area contributed by atoms with Crippen LogP contribution in [-0.4, -0.2) is 35.6 Å². The van der Waals surface area contributed by atoms with Gasteiger partial charge in [-0.25, -0.2) is 9.18 Å². The minimum atomic E-state index is -1.29. The SMILES string of the molecule is COc1ccc(C(NC(=O)CC(C)SC)C(=O)O)cc1F. The average Bonchev–Trinajstić information content (AvgIpc) is 2.44. The Hall–Kier alpha value is -1.76. The van der Waals surface area contributed by atoms with Crippen LogP contribution in [0.4, 0.5) is 4.39 Å². The number of hydrogen-bond donors (Lipinski definition) is 2. The molecule has 21 heavy (non-hydrogen) atoms. The van der Waals surface area contributed by atoms with Gasteiger partial charge in [0.15, 0.2) is 17.6 Å². The molecular weight excluding hydrogens is 297 g/mol. The highest BCUT2D eigenvalue weighted by Gasteiger charge is 2.23. The van der Waals surface area contributed by atoms with Crippen LogP contribution >= 0.6 is 11.8 Å². The molecule has 2 atom stereocenters. The Balaban J connectivity index is 2.89. The zero-order valence-electron chi connectivity index (χ0n) is 12.1. The number of ether oxygens (including phenoxy) is 1. The maximum absolute atomic E-state index is 13.6. The first kappa shape index (κ1) is 17.3. The third-order valence-electron chi connectivity index (χ3n) is 2.94. The molecule has 0 bridgehead atoms. The first-order valence-electron chi connectivity index (χ1n) is 6.27. The van der Waals surface area contributed by atoms with Crippen molar-refractivity contribution in [2.75, 3.05) is 13.4 Å². The third kappa shape index (κ3) is 4.93. The summed E-state index contributed by atoms with van der Waals surface area (Å²) in [5.41, 5.74) is 0.158. The van der Waals surface area contributed by atoms with Gasteiger partial charge in [-0.3, -0.25) is 4.79 Å². The maximum Gasteiger partial charge on any atom is 0.330 e. The molecule has 0 spiro atoms. The third-order valence-corrected chi connectivity index (χ3v) is 3.91. The highest BCUT2D eigenvalue weighted by Crippen LogP contribution is 2.22. The van der Waals surface area contributed by atoms with Crippen molar-refractivity contribution in [3.8, 4) is 5.75 Å². The summed E-state index contributed by atoms with van der Waals surface area (Å²) >= 11 is 1.51. The molecule has 1 aromatic rings. The maximum atomic E-state index is 13.6. The van der Waals surface area contributed by atoms with Crippen LogP contribution in [0.1, 0.15) is 24.9 Å². The molecule has 7 heteroatoms. The molecule has 2 unspecified atom stereocenters. The van der Waals surface area contributed by atoms with E-state index in [9.17, 15) is 19.1 Å². The molecule has 0 aliphatic heterocycles. The topological polar surface area (TPSA) is 75.6 Å². The summed E-state index contributed by atoms with van der Waals surface area (Å²) in [6, 6.07) is 2.51. The van der Waals surface area contributed by atoms with Gasteiger partial charge in [-0.1, -0.05) is 13.0 Å². The van der Waals surface area contributed by atoms with E-state index in [2.05, 4.69) is 5.32 Å². The molecule has 0 fully saturated rings. The van der Waals surface area contributed by atoms with Crippen molar-refractivity contribution in [1.29, 1.82) is 0 Å². The van der Waals surface area contributed by atoms with Crippen molar-refractivity contribution in [1.82, 2.24) is 5.32 Å². The first-order chi connectivity index (χ1) is 9.88. The lowest BCUT2D eigenvalue weighted by molar-refractivity contribution is -0.142. The highest BCUT2D eigenvalue weighted by atomic mass is 32.2. The fourth-order valence-electron chi connectivity index (χ4n) is 1.71. The van der Waals surface area contributed by atoms with Crippen molar-refractivity contribution < 1.29 is 23.8 Å². The Bertz CT molecular complexity index is 524. The quantitative estimate of drug-likeness (QED) is 0.807. The molecule has 2 N–H and O–H groups in total. The second-order valence-corrected chi connectivity index (χ2v) is 5.76. The van der Waals surface area contributed by atoms with E-state index in [-0.39, 0.29) is 28.9 Å². The summed E-state index contributed by atoms with van der Waals surface area (Å²) < 4.78 is 18.4. The van der Waals surface area contributed by atoms with Crippen LogP contribution < -0.4 is 10.1 Å². The van der Waals surface area contributed by atoms with Crippen molar-refractivity contribution in [3.63, 3.8) is 0 Å². The largest absolute Gasteiger partial charge is 0.494 e. The van der Waals surface area contributed by atoms with Gasteiger partial charge in [-0.15, -0.1) is 0 Å². The molecular formula is C14H18FNO4S. The van der Waals surface area contributed by atoms with E-state index in [1.807, 2.05) is 13.2 Å². The van der Waals surface area contributed by atoms with Crippen LogP contribution in [0.25, 0.3) is 0 Å². The Morgan fingerprint density at radius 1 is 1.48 bits per heavy atom. The summed E-state index contributed by atoms with van der Waals surface area (Å²) in [5.74, 6) is -2.29. The summed E-state index contributed by atoms with van der Waals surface area (Å²) in [6.45, 7) is 1.87. The number of nitrogens with one attached hydrogen (secondary N) is 1. The Morgan fingerprint density at radius 2 is 2.14 bits per heavy atom. The van der Waals surface area contributed by atoms with Crippen molar-refractivity contribution >= 4 is 23.6 Å². The van der Waals surface area contributed by atoms with Crippen LogP contribution in [0.5, 0.6) is 5.75 Å². The van der Waals surface area contributed by atoms with E-state index in [1.54, 1.807) is 0 Å². The van der Waals surface area contributed by atoms with Gasteiger partial charge in [0.2, 0.25) is 5.91 Å². The molecule has 116 valence electrons. The summed E-state index contributed by atoms with van der Waals surface area (Å²) in [5, 5.41) is 11.7. The number of benzene rings is 1. The van der Waals surface area contributed by atoms with E-state index in [0.717, 1.165) is 6.07 Å². The standard InChI is InChI=1S/C14H18FNO4S/c1-8(21-3)6-12(17)16-13(14(18)19)9-4-5-11(20-2)10(15)7-9/h4-5,7-8,13H,6H2,1-3H3,(H,16,17)(H,18,19). The number of thioether (sulfide) groups is 1. The van der Waals surface area contributed by atoms with Crippen molar-refractivity contribution in [2.45, 2.75) is 24.6 Å². The highest BCUT2D eigenvalue weighted by molar-refractivity contribution is 7.99. The van der Waals surface area contributed by atoms with E-state index in [0.29, 0.717) is 0 Å². The average molecular weight is 315 g/mol. The number of methoxy groups -OCH3 is 1. The van der Waals surface area contributed by atoms with Gasteiger partial charge >= 0.3 is 5.97 Å². The normalized spacial score (nSPS) is 13.3. The lowest BCUT2D eigenvalue weighted by Crippen LogP contribution is -2.34. The molecule has 1 amide bonds. The molecule has 0 heterocycles. The Kier molecular flexibility index (Phi) is 6.48. The van der Waals surface area contributed by atoms with Gasteiger partial charge in [0.25, 0.3) is 0 Å².